The van der Waals surface area contributed by atoms with Crippen molar-refractivity contribution in [3.05, 3.63) is 58.7 Å². The Morgan fingerprint density at radius 3 is 2.20 bits per heavy atom. The van der Waals surface area contributed by atoms with Gasteiger partial charge in [-0.2, -0.15) is 26.3 Å². The molecule has 40 heavy (non-hydrogen) atoms. The van der Waals surface area contributed by atoms with Gasteiger partial charge in [0.1, 0.15) is 0 Å². The molecule has 2 aliphatic rings. The van der Waals surface area contributed by atoms with Gasteiger partial charge in [-0.05, 0) is 79.6 Å². The number of nitrogens with one attached hydrogen (secondary N) is 1. The molecular weight excluding hydrogens is 542 g/mol. The fourth-order valence-corrected chi connectivity index (χ4v) is 5.60. The van der Waals surface area contributed by atoms with Crippen molar-refractivity contribution in [1.82, 2.24) is 10.2 Å². The first-order chi connectivity index (χ1) is 18.8. The number of nitrogens with zero attached hydrogens (tertiary/aromatic N) is 1. The highest BCUT2D eigenvalue weighted by Crippen LogP contribution is 2.41. The molecule has 0 spiro atoms. The van der Waals surface area contributed by atoms with Crippen LogP contribution in [0.5, 0.6) is 11.5 Å². The fourth-order valence-electron chi connectivity index (χ4n) is 5.60. The maximum atomic E-state index is 14.3. The Kier molecular flexibility index (Phi) is 8.89. The van der Waals surface area contributed by atoms with Crippen molar-refractivity contribution in [1.29, 1.82) is 0 Å². The van der Waals surface area contributed by atoms with Gasteiger partial charge >= 0.3 is 12.4 Å². The molecule has 0 radical (unpaired) electrons. The van der Waals surface area contributed by atoms with E-state index < -0.39 is 35.4 Å². The number of carbonyl (C=O) groups excluding carboxylic acids is 1. The summed E-state index contributed by atoms with van der Waals surface area (Å²) in [6.45, 7) is 1.49. The summed E-state index contributed by atoms with van der Waals surface area (Å²) in [7, 11) is 1.34. The topological polar surface area (TPSA) is 71.0 Å². The summed E-state index contributed by atoms with van der Waals surface area (Å²) in [4.78, 5) is 15.6. The lowest BCUT2D eigenvalue weighted by molar-refractivity contribution is -0.144. The molecule has 2 aromatic carbocycles. The molecular formula is C28H32F6N2O4. The van der Waals surface area contributed by atoms with Crippen molar-refractivity contribution in [2.24, 2.45) is 11.3 Å². The van der Waals surface area contributed by atoms with E-state index in [0.717, 1.165) is 12.8 Å². The molecule has 0 bridgehead atoms. The Balaban J connectivity index is 1.73. The van der Waals surface area contributed by atoms with E-state index in [-0.39, 0.29) is 41.5 Å². The van der Waals surface area contributed by atoms with Gasteiger partial charge in [0.05, 0.1) is 23.7 Å². The molecule has 2 N–H and O–H groups in total. The number of benzene rings is 2. The van der Waals surface area contributed by atoms with Crippen molar-refractivity contribution in [3.8, 4) is 11.5 Å². The lowest BCUT2D eigenvalue weighted by Gasteiger charge is -2.37. The molecule has 1 unspecified atom stereocenters. The van der Waals surface area contributed by atoms with Crippen LogP contribution in [0, 0.1) is 11.3 Å². The third kappa shape index (κ3) is 7.01. The second kappa shape index (κ2) is 11.9. The maximum Gasteiger partial charge on any atom is 0.416 e. The smallest absolute Gasteiger partial charge is 0.416 e. The predicted molar refractivity (Wildman–Crippen MR) is 133 cm³/mol. The first-order valence-corrected chi connectivity index (χ1v) is 13.0. The molecule has 2 saturated heterocycles. The number of aromatic hydroxyl groups is 1. The van der Waals surface area contributed by atoms with E-state index in [9.17, 15) is 36.2 Å². The van der Waals surface area contributed by atoms with E-state index in [2.05, 4.69) is 5.32 Å². The van der Waals surface area contributed by atoms with Gasteiger partial charge < -0.3 is 24.8 Å². The van der Waals surface area contributed by atoms with Crippen molar-refractivity contribution < 1.29 is 45.7 Å². The summed E-state index contributed by atoms with van der Waals surface area (Å²) in [6.07, 6.45) is -7.44. The number of hydrogen-bond acceptors (Lipinski definition) is 5. The highest BCUT2D eigenvalue weighted by molar-refractivity contribution is 5.83. The van der Waals surface area contributed by atoms with Crippen LogP contribution >= 0.6 is 0 Å². The van der Waals surface area contributed by atoms with E-state index in [1.165, 1.54) is 30.2 Å². The Bertz CT molecular complexity index is 1160. The minimum absolute atomic E-state index is 0.0774. The summed E-state index contributed by atoms with van der Waals surface area (Å²) in [5.41, 5.74) is -3.52. The molecule has 0 saturated carbocycles. The van der Waals surface area contributed by atoms with Gasteiger partial charge in [-0.3, -0.25) is 4.79 Å². The first kappa shape index (κ1) is 30.0. The van der Waals surface area contributed by atoms with Gasteiger partial charge in [-0.1, -0.05) is 6.07 Å². The molecule has 1 atom stereocenters. The monoisotopic (exact) mass is 574 g/mol. The number of phenolic OH excluding ortho intramolecular Hbond substituents is 1. The van der Waals surface area contributed by atoms with Crippen LogP contribution in [0.1, 0.15) is 47.9 Å². The van der Waals surface area contributed by atoms with Crippen molar-refractivity contribution in [3.63, 3.8) is 0 Å². The number of methoxy groups -OCH3 is 1. The summed E-state index contributed by atoms with van der Waals surface area (Å²) < 4.78 is 92.0. The Hall–Kier alpha value is -2.99. The van der Waals surface area contributed by atoms with Gasteiger partial charge in [0.15, 0.2) is 11.5 Å². The average Bonchev–Trinajstić information content (AvgIpc) is 3.38. The normalized spacial score (nSPS) is 20.5. The highest BCUT2D eigenvalue weighted by atomic mass is 19.4. The number of halogens is 6. The molecule has 2 heterocycles. The van der Waals surface area contributed by atoms with E-state index >= 15 is 0 Å². The van der Waals surface area contributed by atoms with Crippen LogP contribution in [0.2, 0.25) is 0 Å². The van der Waals surface area contributed by atoms with Crippen LogP contribution in [-0.2, 0) is 35.0 Å². The lowest BCUT2D eigenvalue weighted by atomic mass is 9.75. The summed E-state index contributed by atoms with van der Waals surface area (Å²) in [6, 6.07) is 5.77. The predicted octanol–water partition coefficient (Wildman–Crippen LogP) is 5.76. The fraction of sp³-hybridized carbons (Fsp3) is 0.536. The molecule has 2 aliphatic heterocycles. The largest absolute Gasteiger partial charge is 0.504 e. The van der Waals surface area contributed by atoms with Crippen molar-refractivity contribution in [2.75, 3.05) is 33.4 Å². The maximum absolute atomic E-state index is 14.3. The van der Waals surface area contributed by atoms with E-state index in [1.807, 2.05) is 0 Å². The minimum Gasteiger partial charge on any atom is -0.504 e. The van der Waals surface area contributed by atoms with E-state index in [0.29, 0.717) is 56.8 Å². The second-order valence-electron chi connectivity index (χ2n) is 10.5. The van der Waals surface area contributed by atoms with Crippen LogP contribution in [0.15, 0.2) is 36.4 Å². The van der Waals surface area contributed by atoms with Crippen LogP contribution in [0.3, 0.4) is 0 Å². The van der Waals surface area contributed by atoms with Crippen molar-refractivity contribution >= 4 is 5.91 Å². The Morgan fingerprint density at radius 1 is 1.02 bits per heavy atom. The molecule has 4 rings (SSSR count). The number of ether oxygens (including phenoxy) is 2. The standard InChI is InChI=1S/C28H32F6N2O4/c1-39-24-12-19(2-3-23(24)37)15-36(16-20-10-21(27(29,30)31)13-22(11-20)28(32,33)34)25(38)26(6-7-35-17-26)14-18-4-8-40-9-5-18/h2-3,10-13,18,35,37H,4-9,14-17H2,1H3. The molecule has 0 aromatic heterocycles. The zero-order valence-electron chi connectivity index (χ0n) is 22.0. The van der Waals surface area contributed by atoms with Crippen molar-refractivity contribution in [2.45, 2.75) is 51.1 Å². The Labute approximate surface area is 228 Å². The third-order valence-corrected chi connectivity index (χ3v) is 7.64. The van der Waals surface area contributed by atoms with Crippen LogP contribution in [-0.4, -0.2) is 49.3 Å². The molecule has 2 aromatic rings. The summed E-state index contributed by atoms with van der Waals surface area (Å²) in [5.74, 6) is -0.156. The third-order valence-electron chi connectivity index (χ3n) is 7.64. The zero-order valence-corrected chi connectivity index (χ0v) is 22.0. The number of rotatable bonds is 8. The summed E-state index contributed by atoms with van der Waals surface area (Å²) >= 11 is 0. The van der Waals surface area contributed by atoms with Gasteiger partial charge in [0, 0.05) is 32.8 Å². The van der Waals surface area contributed by atoms with Gasteiger partial charge in [0.2, 0.25) is 5.91 Å². The molecule has 0 aliphatic carbocycles. The first-order valence-electron chi connectivity index (χ1n) is 13.0. The Morgan fingerprint density at radius 2 is 1.65 bits per heavy atom. The number of carbonyl (C=O) groups is 1. The molecule has 2 fully saturated rings. The van der Waals surface area contributed by atoms with Gasteiger partial charge in [0.25, 0.3) is 0 Å². The van der Waals surface area contributed by atoms with Crippen LogP contribution in [0.25, 0.3) is 0 Å². The van der Waals surface area contributed by atoms with Crippen LogP contribution in [0.4, 0.5) is 26.3 Å². The molecule has 220 valence electrons. The number of hydrogen-bond donors (Lipinski definition) is 2. The molecule has 1 amide bonds. The van der Waals surface area contributed by atoms with Gasteiger partial charge in [-0.25, -0.2) is 0 Å². The molecule has 6 nitrogen and oxygen atoms in total. The molecule has 12 heteroatoms. The average molecular weight is 575 g/mol. The lowest BCUT2D eigenvalue weighted by Crippen LogP contribution is -2.46. The summed E-state index contributed by atoms with van der Waals surface area (Å²) in [5, 5.41) is 13.2. The highest BCUT2D eigenvalue weighted by Gasteiger charge is 2.45. The number of phenols is 1. The quantitative estimate of drug-likeness (QED) is 0.392. The zero-order chi connectivity index (χ0) is 29.1. The van der Waals surface area contributed by atoms with E-state index in [1.54, 1.807) is 0 Å². The van der Waals surface area contributed by atoms with E-state index in [4.69, 9.17) is 9.47 Å². The second-order valence-corrected chi connectivity index (χ2v) is 10.5. The number of amides is 1. The SMILES string of the molecule is COc1cc(CN(Cc2cc(C(F)(F)F)cc(C(F)(F)F)c2)C(=O)C2(CC3CCOCC3)CCNC2)ccc1O. The minimum atomic E-state index is -5.01. The van der Waals surface area contributed by atoms with Gasteiger partial charge in [-0.15, -0.1) is 0 Å². The number of alkyl halides is 6. The van der Waals surface area contributed by atoms with Crippen LogP contribution < -0.4 is 10.1 Å².